The monoisotopic (exact) mass is 413 g/mol. The molecule has 3 aromatic rings. The lowest BCUT2D eigenvalue weighted by Gasteiger charge is -2.23. The van der Waals surface area contributed by atoms with Crippen LogP contribution >= 0.6 is 0 Å². The first kappa shape index (κ1) is 19.6. The standard InChI is InChI=1S/C21H23N3O4S/c1-27-18-13-12-16(21-23-22-20(28-21)15-8-4-2-5-9-15)14-19(18)29(25,26)24-17-10-6-3-7-11-17/h2,4-5,8-9,12-14,17,24H,3,6-7,10-11H2,1H3. The summed E-state index contributed by atoms with van der Waals surface area (Å²) in [5.74, 6) is 0.904. The number of rotatable bonds is 6. The second-order valence-corrected chi connectivity index (χ2v) is 8.78. The van der Waals surface area contributed by atoms with Crippen molar-refractivity contribution in [2.45, 2.75) is 43.0 Å². The van der Waals surface area contributed by atoms with Gasteiger partial charge < -0.3 is 9.15 Å². The number of benzene rings is 2. The number of hydrogen-bond acceptors (Lipinski definition) is 6. The van der Waals surface area contributed by atoms with Gasteiger partial charge in [-0.25, -0.2) is 13.1 Å². The molecule has 0 radical (unpaired) electrons. The second-order valence-electron chi connectivity index (χ2n) is 7.10. The maximum atomic E-state index is 13.0. The number of nitrogens with one attached hydrogen (secondary N) is 1. The Morgan fingerprint density at radius 1 is 0.966 bits per heavy atom. The number of hydrogen-bond donors (Lipinski definition) is 1. The highest BCUT2D eigenvalue weighted by Gasteiger charge is 2.26. The van der Waals surface area contributed by atoms with Crippen molar-refractivity contribution in [2.24, 2.45) is 0 Å². The Balaban J connectivity index is 1.66. The molecule has 152 valence electrons. The highest BCUT2D eigenvalue weighted by Crippen LogP contribution is 2.31. The smallest absolute Gasteiger partial charge is 0.248 e. The van der Waals surface area contributed by atoms with Gasteiger partial charge in [-0.2, -0.15) is 0 Å². The maximum Gasteiger partial charge on any atom is 0.248 e. The summed E-state index contributed by atoms with van der Waals surface area (Å²) < 4.78 is 40.0. The molecule has 0 saturated heterocycles. The van der Waals surface area contributed by atoms with E-state index in [1.807, 2.05) is 30.3 Å². The molecule has 0 bridgehead atoms. The van der Waals surface area contributed by atoms with Crippen LogP contribution < -0.4 is 9.46 Å². The van der Waals surface area contributed by atoms with E-state index in [1.165, 1.54) is 13.2 Å². The molecule has 8 heteroatoms. The van der Waals surface area contributed by atoms with Gasteiger partial charge in [-0.05, 0) is 43.2 Å². The Labute approximate surface area is 170 Å². The number of sulfonamides is 1. The fourth-order valence-electron chi connectivity index (χ4n) is 3.56. The summed E-state index contributed by atoms with van der Waals surface area (Å²) in [5.41, 5.74) is 1.32. The van der Waals surface area contributed by atoms with Gasteiger partial charge in [0.05, 0.1) is 7.11 Å². The van der Waals surface area contributed by atoms with E-state index in [0.717, 1.165) is 37.7 Å². The molecule has 1 aliphatic carbocycles. The Morgan fingerprint density at radius 3 is 2.34 bits per heavy atom. The van der Waals surface area contributed by atoms with Crippen LogP contribution in [0.3, 0.4) is 0 Å². The SMILES string of the molecule is COc1ccc(-c2nnc(-c3ccccc3)o2)cc1S(=O)(=O)NC1CCCCC1. The zero-order valence-electron chi connectivity index (χ0n) is 16.2. The molecule has 0 aliphatic heterocycles. The molecule has 1 N–H and O–H groups in total. The van der Waals surface area contributed by atoms with Crippen LogP contribution in [0.2, 0.25) is 0 Å². The van der Waals surface area contributed by atoms with Crippen molar-refractivity contribution in [1.82, 2.24) is 14.9 Å². The van der Waals surface area contributed by atoms with Gasteiger partial charge in [0.25, 0.3) is 0 Å². The van der Waals surface area contributed by atoms with E-state index >= 15 is 0 Å². The van der Waals surface area contributed by atoms with Crippen LogP contribution in [0, 0.1) is 0 Å². The molecule has 1 aromatic heterocycles. The van der Waals surface area contributed by atoms with Gasteiger partial charge >= 0.3 is 0 Å². The molecule has 4 rings (SSSR count). The summed E-state index contributed by atoms with van der Waals surface area (Å²) in [4.78, 5) is 0.0718. The Kier molecular flexibility index (Phi) is 5.64. The molecule has 2 aromatic carbocycles. The average Bonchev–Trinajstić information content (AvgIpc) is 3.25. The molecule has 7 nitrogen and oxygen atoms in total. The molecule has 1 heterocycles. The number of aromatic nitrogens is 2. The summed E-state index contributed by atoms with van der Waals surface area (Å²) >= 11 is 0. The number of methoxy groups -OCH3 is 1. The molecule has 0 amide bonds. The zero-order valence-corrected chi connectivity index (χ0v) is 17.0. The first-order valence-corrected chi connectivity index (χ1v) is 11.1. The molecule has 0 atom stereocenters. The Bertz CT molecular complexity index is 1070. The lowest BCUT2D eigenvalue weighted by atomic mass is 9.96. The van der Waals surface area contributed by atoms with Crippen molar-refractivity contribution in [3.63, 3.8) is 0 Å². The van der Waals surface area contributed by atoms with Crippen LogP contribution in [-0.2, 0) is 10.0 Å². The molecule has 1 fully saturated rings. The van der Waals surface area contributed by atoms with Gasteiger partial charge in [-0.3, -0.25) is 0 Å². The first-order valence-electron chi connectivity index (χ1n) is 9.66. The number of ether oxygens (including phenoxy) is 1. The van der Waals surface area contributed by atoms with Gasteiger partial charge in [0.1, 0.15) is 10.6 Å². The lowest BCUT2D eigenvalue weighted by molar-refractivity contribution is 0.397. The van der Waals surface area contributed by atoms with Gasteiger partial charge in [-0.15, -0.1) is 10.2 Å². The average molecular weight is 413 g/mol. The van der Waals surface area contributed by atoms with Crippen LogP contribution in [0.1, 0.15) is 32.1 Å². The summed E-state index contributed by atoms with van der Waals surface area (Å²) in [5, 5.41) is 8.16. The van der Waals surface area contributed by atoms with Gasteiger partial charge in [0, 0.05) is 17.2 Å². The molecule has 1 aliphatic rings. The first-order chi connectivity index (χ1) is 14.1. The van der Waals surface area contributed by atoms with E-state index in [9.17, 15) is 8.42 Å². The third-order valence-corrected chi connectivity index (χ3v) is 6.61. The summed E-state index contributed by atoms with van der Waals surface area (Å²) in [6, 6.07) is 14.2. The van der Waals surface area contributed by atoms with Crippen LogP contribution in [0.15, 0.2) is 57.8 Å². The largest absolute Gasteiger partial charge is 0.495 e. The van der Waals surface area contributed by atoms with Gasteiger partial charge in [0.2, 0.25) is 21.8 Å². The van der Waals surface area contributed by atoms with Crippen molar-refractivity contribution < 1.29 is 17.6 Å². The summed E-state index contributed by atoms with van der Waals surface area (Å²) in [6.45, 7) is 0. The van der Waals surface area contributed by atoms with E-state index < -0.39 is 10.0 Å². The minimum atomic E-state index is -3.74. The van der Waals surface area contributed by atoms with Gasteiger partial charge in [0.15, 0.2) is 0 Å². The quantitative estimate of drug-likeness (QED) is 0.656. The Hall–Kier alpha value is -2.71. The molecular weight excluding hydrogens is 390 g/mol. The van der Waals surface area contributed by atoms with Crippen molar-refractivity contribution in [3.8, 4) is 28.7 Å². The molecule has 0 spiro atoms. The van der Waals surface area contributed by atoms with E-state index in [2.05, 4.69) is 14.9 Å². The maximum absolute atomic E-state index is 13.0. The van der Waals surface area contributed by atoms with Crippen molar-refractivity contribution in [3.05, 3.63) is 48.5 Å². The minimum Gasteiger partial charge on any atom is -0.495 e. The predicted molar refractivity (Wildman–Crippen MR) is 109 cm³/mol. The minimum absolute atomic E-state index is 0.0461. The second kappa shape index (κ2) is 8.34. The summed E-state index contributed by atoms with van der Waals surface area (Å²) in [6.07, 6.45) is 4.93. The normalized spacial score (nSPS) is 15.3. The van der Waals surface area contributed by atoms with Crippen LogP contribution in [0.5, 0.6) is 5.75 Å². The topological polar surface area (TPSA) is 94.3 Å². The summed E-state index contributed by atoms with van der Waals surface area (Å²) in [7, 11) is -2.29. The highest BCUT2D eigenvalue weighted by molar-refractivity contribution is 7.89. The third kappa shape index (κ3) is 4.33. The van der Waals surface area contributed by atoms with Crippen molar-refractivity contribution in [1.29, 1.82) is 0 Å². The molecule has 1 saturated carbocycles. The third-order valence-electron chi connectivity index (χ3n) is 5.07. The van der Waals surface area contributed by atoms with E-state index in [0.29, 0.717) is 11.5 Å². The fourth-order valence-corrected chi connectivity index (χ4v) is 5.06. The van der Waals surface area contributed by atoms with Crippen LogP contribution in [-0.4, -0.2) is 31.8 Å². The molecule has 0 unspecified atom stereocenters. The van der Waals surface area contributed by atoms with Crippen LogP contribution in [0.4, 0.5) is 0 Å². The van der Waals surface area contributed by atoms with E-state index in [1.54, 1.807) is 12.1 Å². The predicted octanol–water partition coefficient (Wildman–Crippen LogP) is 4.02. The van der Waals surface area contributed by atoms with E-state index in [-0.39, 0.29) is 22.6 Å². The molecular formula is C21H23N3O4S. The van der Waals surface area contributed by atoms with Gasteiger partial charge in [-0.1, -0.05) is 37.5 Å². The fraction of sp³-hybridized carbons (Fsp3) is 0.333. The Morgan fingerprint density at radius 2 is 1.66 bits per heavy atom. The van der Waals surface area contributed by atoms with E-state index in [4.69, 9.17) is 9.15 Å². The van der Waals surface area contributed by atoms with Crippen LogP contribution in [0.25, 0.3) is 22.9 Å². The lowest BCUT2D eigenvalue weighted by Crippen LogP contribution is -2.36. The highest BCUT2D eigenvalue weighted by atomic mass is 32.2. The molecule has 29 heavy (non-hydrogen) atoms. The zero-order chi connectivity index (χ0) is 20.3. The van der Waals surface area contributed by atoms with Crippen molar-refractivity contribution in [2.75, 3.05) is 7.11 Å². The number of nitrogens with zero attached hydrogens (tertiary/aromatic N) is 2. The van der Waals surface area contributed by atoms with Crippen molar-refractivity contribution >= 4 is 10.0 Å².